The highest BCUT2D eigenvalue weighted by atomic mass is 14.7. The minimum Gasteiger partial charge on any atom is -0.353 e. The Bertz CT molecular complexity index is 719. The minimum absolute atomic E-state index is 0.671. The van der Waals surface area contributed by atoms with Gasteiger partial charge in [-0.3, -0.25) is 0 Å². The van der Waals surface area contributed by atoms with Crippen molar-refractivity contribution in [1.82, 2.24) is 4.98 Å². The first-order valence-corrected chi connectivity index (χ1v) is 6.12. The van der Waals surface area contributed by atoms with E-state index in [2.05, 4.69) is 11.1 Å². The molecule has 0 fully saturated rings. The number of H-pyrrole nitrogens is 1. The van der Waals surface area contributed by atoms with E-state index in [1.807, 2.05) is 66.7 Å². The van der Waals surface area contributed by atoms with Gasteiger partial charge in [-0.25, -0.2) is 0 Å². The largest absolute Gasteiger partial charge is 0.353 e. The smallest absolute Gasteiger partial charge is 0.101 e. The van der Waals surface area contributed by atoms with Gasteiger partial charge in [-0.2, -0.15) is 5.26 Å². The molecule has 2 heteroatoms. The molecular weight excluding hydrogens is 232 g/mol. The summed E-state index contributed by atoms with van der Waals surface area (Å²) in [7, 11) is 0. The standard InChI is InChI=1S/C17H12N2/c18-12-15-11-16(13-7-3-1-4-8-13)19-17(15)14-9-5-2-6-10-14/h1-11,19H. The molecule has 0 saturated heterocycles. The fraction of sp³-hybridized carbons (Fsp3) is 0. The zero-order chi connectivity index (χ0) is 13.1. The number of aromatic nitrogens is 1. The van der Waals surface area contributed by atoms with Gasteiger partial charge in [0, 0.05) is 5.69 Å². The molecule has 19 heavy (non-hydrogen) atoms. The summed E-state index contributed by atoms with van der Waals surface area (Å²) in [6, 6.07) is 24.1. The quantitative estimate of drug-likeness (QED) is 0.720. The Morgan fingerprint density at radius 2 is 1.37 bits per heavy atom. The molecule has 0 amide bonds. The number of nitrogens with zero attached hydrogens (tertiary/aromatic N) is 1. The van der Waals surface area contributed by atoms with E-state index in [0.29, 0.717) is 5.56 Å². The van der Waals surface area contributed by atoms with Crippen LogP contribution in [0.4, 0.5) is 0 Å². The highest BCUT2D eigenvalue weighted by Crippen LogP contribution is 2.28. The van der Waals surface area contributed by atoms with Crippen molar-refractivity contribution in [3.05, 3.63) is 72.3 Å². The molecule has 3 aromatic rings. The van der Waals surface area contributed by atoms with E-state index in [1.54, 1.807) is 0 Å². The van der Waals surface area contributed by atoms with E-state index in [0.717, 1.165) is 22.5 Å². The normalized spacial score (nSPS) is 10.1. The van der Waals surface area contributed by atoms with Crippen LogP contribution in [0.25, 0.3) is 22.5 Å². The van der Waals surface area contributed by atoms with Crippen molar-refractivity contribution < 1.29 is 0 Å². The lowest BCUT2D eigenvalue weighted by Crippen LogP contribution is -1.81. The summed E-state index contributed by atoms with van der Waals surface area (Å²) in [5, 5.41) is 9.27. The van der Waals surface area contributed by atoms with E-state index >= 15 is 0 Å². The molecule has 90 valence electrons. The molecule has 0 radical (unpaired) electrons. The molecular formula is C17H12N2. The third kappa shape index (κ3) is 2.14. The lowest BCUT2D eigenvalue weighted by molar-refractivity contribution is 1.38. The number of benzene rings is 2. The molecule has 0 unspecified atom stereocenters. The summed E-state index contributed by atoms with van der Waals surface area (Å²) >= 11 is 0. The first kappa shape index (κ1) is 11.3. The van der Waals surface area contributed by atoms with Gasteiger partial charge in [0.2, 0.25) is 0 Å². The summed E-state index contributed by atoms with van der Waals surface area (Å²) < 4.78 is 0. The number of aromatic amines is 1. The van der Waals surface area contributed by atoms with E-state index in [1.165, 1.54) is 0 Å². The van der Waals surface area contributed by atoms with E-state index in [9.17, 15) is 5.26 Å². The van der Waals surface area contributed by atoms with E-state index < -0.39 is 0 Å². The van der Waals surface area contributed by atoms with Gasteiger partial charge in [0.05, 0.1) is 11.3 Å². The SMILES string of the molecule is N#Cc1cc(-c2ccccc2)[nH]c1-c1ccccc1. The van der Waals surface area contributed by atoms with Gasteiger partial charge in [-0.1, -0.05) is 60.7 Å². The molecule has 1 N–H and O–H groups in total. The zero-order valence-corrected chi connectivity index (χ0v) is 10.3. The van der Waals surface area contributed by atoms with E-state index in [4.69, 9.17) is 0 Å². The molecule has 0 aliphatic carbocycles. The monoisotopic (exact) mass is 244 g/mol. The van der Waals surface area contributed by atoms with E-state index in [-0.39, 0.29) is 0 Å². The first-order valence-electron chi connectivity index (χ1n) is 6.12. The van der Waals surface area contributed by atoms with Gasteiger partial charge in [-0.15, -0.1) is 0 Å². The Morgan fingerprint density at radius 1 is 0.789 bits per heavy atom. The number of rotatable bonds is 2. The van der Waals surface area contributed by atoms with Crippen LogP contribution in [-0.4, -0.2) is 4.98 Å². The molecule has 0 aliphatic rings. The Hall–Kier alpha value is -2.79. The summed E-state index contributed by atoms with van der Waals surface area (Å²) in [4.78, 5) is 3.34. The fourth-order valence-corrected chi connectivity index (χ4v) is 2.15. The van der Waals surface area contributed by atoms with Gasteiger partial charge < -0.3 is 4.98 Å². The highest BCUT2D eigenvalue weighted by Gasteiger charge is 2.10. The van der Waals surface area contributed by atoms with Gasteiger partial charge >= 0.3 is 0 Å². The lowest BCUT2D eigenvalue weighted by Gasteiger charge is -1.99. The fourth-order valence-electron chi connectivity index (χ4n) is 2.15. The molecule has 2 nitrogen and oxygen atoms in total. The molecule has 0 atom stereocenters. The third-order valence-corrected chi connectivity index (χ3v) is 3.09. The number of hydrogen-bond donors (Lipinski definition) is 1. The Balaban J connectivity index is 2.13. The van der Waals surface area contributed by atoms with Crippen molar-refractivity contribution in [2.24, 2.45) is 0 Å². The zero-order valence-electron chi connectivity index (χ0n) is 10.3. The van der Waals surface area contributed by atoms with Crippen LogP contribution in [0, 0.1) is 11.3 Å². The summed E-state index contributed by atoms with van der Waals surface area (Å²) in [6.45, 7) is 0. The average Bonchev–Trinajstić information content (AvgIpc) is 2.93. The van der Waals surface area contributed by atoms with Crippen molar-refractivity contribution in [3.8, 4) is 28.6 Å². The van der Waals surface area contributed by atoms with Gasteiger partial charge in [0.15, 0.2) is 0 Å². The second-order valence-corrected chi connectivity index (χ2v) is 4.32. The number of nitriles is 1. The maximum absolute atomic E-state index is 9.27. The molecule has 3 rings (SSSR count). The molecule has 1 aromatic heterocycles. The van der Waals surface area contributed by atoms with Crippen molar-refractivity contribution >= 4 is 0 Å². The topological polar surface area (TPSA) is 39.6 Å². The van der Waals surface area contributed by atoms with Crippen LogP contribution in [0.5, 0.6) is 0 Å². The maximum Gasteiger partial charge on any atom is 0.101 e. The first-order chi connectivity index (χ1) is 9.38. The molecule has 0 bridgehead atoms. The number of hydrogen-bond acceptors (Lipinski definition) is 1. The minimum atomic E-state index is 0.671. The molecule has 2 aromatic carbocycles. The van der Waals surface area contributed by atoms with Crippen LogP contribution in [0.15, 0.2) is 66.7 Å². The van der Waals surface area contributed by atoms with Crippen LogP contribution < -0.4 is 0 Å². The molecule has 0 aliphatic heterocycles. The van der Waals surface area contributed by atoms with Gasteiger partial charge in [0.1, 0.15) is 6.07 Å². The maximum atomic E-state index is 9.27. The van der Waals surface area contributed by atoms with Crippen molar-refractivity contribution in [2.45, 2.75) is 0 Å². The predicted molar refractivity (Wildman–Crippen MR) is 76.4 cm³/mol. The van der Waals surface area contributed by atoms with Gasteiger partial charge in [0.25, 0.3) is 0 Å². The van der Waals surface area contributed by atoms with Crippen LogP contribution in [-0.2, 0) is 0 Å². The number of nitrogens with one attached hydrogen (secondary N) is 1. The lowest BCUT2D eigenvalue weighted by atomic mass is 10.1. The second-order valence-electron chi connectivity index (χ2n) is 4.32. The Kier molecular flexibility index (Phi) is 2.88. The Labute approximate surface area is 112 Å². The average molecular weight is 244 g/mol. The summed E-state index contributed by atoms with van der Waals surface area (Å²) in [6.07, 6.45) is 0. The van der Waals surface area contributed by atoms with Crippen LogP contribution in [0.3, 0.4) is 0 Å². The van der Waals surface area contributed by atoms with Crippen LogP contribution in [0.1, 0.15) is 5.56 Å². The van der Waals surface area contributed by atoms with Crippen LogP contribution >= 0.6 is 0 Å². The third-order valence-electron chi connectivity index (χ3n) is 3.09. The van der Waals surface area contributed by atoms with Crippen molar-refractivity contribution in [1.29, 1.82) is 5.26 Å². The van der Waals surface area contributed by atoms with Crippen LogP contribution in [0.2, 0.25) is 0 Å². The van der Waals surface area contributed by atoms with Crippen molar-refractivity contribution in [2.75, 3.05) is 0 Å². The summed E-state index contributed by atoms with van der Waals surface area (Å²) in [5.74, 6) is 0. The Morgan fingerprint density at radius 3 is 1.95 bits per heavy atom. The predicted octanol–water partition coefficient (Wildman–Crippen LogP) is 4.22. The molecule has 0 spiro atoms. The highest BCUT2D eigenvalue weighted by molar-refractivity contribution is 5.74. The summed E-state index contributed by atoms with van der Waals surface area (Å²) in [5.41, 5.74) is 4.63. The molecule has 1 heterocycles. The molecule has 0 saturated carbocycles. The second kappa shape index (κ2) is 4.83. The van der Waals surface area contributed by atoms with Crippen molar-refractivity contribution in [3.63, 3.8) is 0 Å². The van der Waals surface area contributed by atoms with Gasteiger partial charge in [-0.05, 0) is 17.2 Å².